The first-order valence-electron chi connectivity index (χ1n) is 8.00. The Balaban J connectivity index is 2.01. The van der Waals surface area contributed by atoms with E-state index < -0.39 is 11.9 Å². The van der Waals surface area contributed by atoms with Gasteiger partial charge in [0, 0.05) is 26.3 Å². The molecule has 0 fully saturated rings. The number of carboxylic acid groups (broad SMARTS) is 1. The van der Waals surface area contributed by atoms with Crippen LogP contribution in [0, 0.1) is 0 Å². The van der Waals surface area contributed by atoms with E-state index in [2.05, 4.69) is 20.9 Å². The van der Waals surface area contributed by atoms with Gasteiger partial charge in [0.05, 0.1) is 5.92 Å². The van der Waals surface area contributed by atoms with Crippen LogP contribution in [0.4, 0.5) is 0 Å². The zero-order chi connectivity index (χ0) is 19.6. The molecule has 4 nitrogen and oxygen atoms in total. The molecule has 3 rings (SSSR count). The van der Waals surface area contributed by atoms with Crippen molar-refractivity contribution in [3.8, 4) is 11.1 Å². The number of hydrogen-bond acceptors (Lipinski definition) is 2. The molecule has 2 N–H and O–H groups in total. The Kier molecular flexibility index (Phi) is 6.05. The number of benzene rings is 2. The Morgan fingerprint density at radius 3 is 2.44 bits per heavy atom. The highest BCUT2D eigenvalue weighted by Crippen LogP contribution is 2.29. The summed E-state index contributed by atoms with van der Waals surface area (Å²) >= 11 is 15.5. The van der Waals surface area contributed by atoms with Crippen LogP contribution in [0.5, 0.6) is 0 Å². The number of H-pyrrole nitrogens is 1. The van der Waals surface area contributed by atoms with Gasteiger partial charge in [0.1, 0.15) is 0 Å². The highest BCUT2D eigenvalue weighted by molar-refractivity contribution is 9.10. The average Bonchev–Trinajstić information content (AvgIpc) is 2.62. The van der Waals surface area contributed by atoms with Crippen LogP contribution < -0.4 is 5.56 Å². The number of rotatable bonds is 5. The molecule has 2 aromatic carbocycles. The maximum atomic E-state index is 12.2. The van der Waals surface area contributed by atoms with E-state index in [1.165, 1.54) is 6.20 Å². The highest BCUT2D eigenvalue weighted by Gasteiger charge is 2.23. The zero-order valence-corrected chi connectivity index (χ0v) is 17.0. The number of aromatic nitrogens is 1. The van der Waals surface area contributed by atoms with E-state index >= 15 is 0 Å². The van der Waals surface area contributed by atoms with Crippen LogP contribution in [0.2, 0.25) is 10.0 Å². The van der Waals surface area contributed by atoms with Crippen LogP contribution in [0.3, 0.4) is 0 Å². The number of hydrogen-bond donors (Lipinski definition) is 2. The van der Waals surface area contributed by atoms with E-state index in [-0.39, 0.29) is 12.0 Å². The topological polar surface area (TPSA) is 70.2 Å². The van der Waals surface area contributed by atoms with Crippen LogP contribution in [0.1, 0.15) is 17.0 Å². The Morgan fingerprint density at radius 1 is 1.11 bits per heavy atom. The number of carboxylic acids is 1. The van der Waals surface area contributed by atoms with Crippen LogP contribution in [0.25, 0.3) is 11.1 Å². The lowest BCUT2D eigenvalue weighted by molar-refractivity contribution is -0.138. The van der Waals surface area contributed by atoms with Gasteiger partial charge in [0.25, 0.3) is 5.56 Å². The van der Waals surface area contributed by atoms with Gasteiger partial charge in [0.15, 0.2) is 0 Å². The summed E-state index contributed by atoms with van der Waals surface area (Å²) in [6.07, 6.45) is 1.62. The third-order valence-electron chi connectivity index (χ3n) is 4.22. The predicted molar refractivity (Wildman–Crippen MR) is 111 cm³/mol. The lowest BCUT2D eigenvalue weighted by Gasteiger charge is -2.15. The van der Waals surface area contributed by atoms with Crippen LogP contribution in [-0.2, 0) is 11.2 Å². The maximum absolute atomic E-state index is 12.2. The van der Waals surface area contributed by atoms with Gasteiger partial charge < -0.3 is 10.1 Å². The van der Waals surface area contributed by atoms with Gasteiger partial charge >= 0.3 is 5.97 Å². The third-order valence-corrected chi connectivity index (χ3v) is 5.34. The molecule has 0 bridgehead atoms. The Bertz CT molecular complexity index is 1050. The Morgan fingerprint density at radius 2 is 1.81 bits per heavy atom. The molecule has 1 aromatic heterocycles. The molecule has 1 atom stereocenters. The number of aromatic amines is 1. The summed E-state index contributed by atoms with van der Waals surface area (Å²) in [5.41, 5.74) is 1.99. The second kappa shape index (κ2) is 8.30. The zero-order valence-electron chi connectivity index (χ0n) is 13.9. The summed E-state index contributed by atoms with van der Waals surface area (Å²) in [5, 5.41) is 10.6. The van der Waals surface area contributed by atoms with Gasteiger partial charge in [-0.15, -0.1) is 0 Å². The van der Waals surface area contributed by atoms with Crippen molar-refractivity contribution < 1.29 is 9.90 Å². The summed E-state index contributed by atoms with van der Waals surface area (Å²) in [4.78, 5) is 26.8. The van der Waals surface area contributed by atoms with Gasteiger partial charge in [-0.05, 0) is 53.4 Å². The molecule has 7 heteroatoms. The Hall–Kier alpha value is -2.08. The van der Waals surface area contributed by atoms with Crippen molar-refractivity contribution >= 4 is 45.1 Å². The quantitative estimate of drug-likeness (QED) is 0.519. The van der Waals surface area contributed by atoms with E-state index in [9.17, 15) is 14.7 Å². The molecule has 0 aliphatic carbocycles. The fourth-order valence-electron chi connectivity index (χ4n) is 2.80. The van der Waals surface area contributed by atoms with E-state index in [1.807, 2.05) is 12.1 Å². The third kappa shape index (κ3) is 4.61. The molecule has 1 unspecified atom stereocenters. The van der Waals surface area contributed by atoms with Crippen molar-refractivity contribution in [3.63, 3.8) is 0 Å². The summed E-state index contributed by atoms with van der Waals surface area (Å²) in [6, 6.07) is 13.8. The number of nitrogens with one attached hydrogen (secondary N) is 1. The van der Waals surface area contributed by atoms with Gasteiger partial charge in [0.2, 0.25) is 0 Å². The largest absolute Gasteiger partial charge is 0.481 e. The number of halogens is 3. The van der Waals surface area contributed by atoms with Gasteiger partial charge in [-0.1, -0.05) is 57.3 Å². The number of aliphatic carboxylic acids is 1. The summed E-state index contributed by atoms with van der Waals surface area (Å²) < 4.78 is 0.889. The van der Waals surface area contributed by atoms with Crippen molar-refractivity contribution in [1.82, 2.24) is 4.98 Å². The first-order chi connectivity index (χ1) is 12.8. The average molecular weight is 467 g/mol. The van der Waals surface area contributed by atoms with E-state index in [0.717, 1.165) is 4.47 Å². The summed E-state index contributed by atoms with van der Waals surface area (Å²) in [7, 11) is 0. The van der Waals surface area contributed by atoms with Crippen molar-refractivity contribution in [3.05, 3.63) is 90.7 Å². The summed E-state index contributed by atoms with van der Waals surface area (Å²) in [6.45, 7) is 0. The predicted octanol–water partition coefficient (Wildman–Crippen LogP) is 5.52. The summed E-state index contributed by atoms with van der Waals surface area (Å²) in [5.74, 6) is -1.87. The monoisotopic (exact) mass is 465 g/mol. The normalized spacial score (nSPS) is 12.0. The number of pyridine rings is 1. The first-order valence-corrected chi connectivity index (χ1v) is 9.55. The lowest BCUT2D eigenvalue weighted by atomic mass is 9.91. The van der Waals surface area contributed by atoms with Crippen molar-refractivity contribution in [2.75, 3.05) is 0 Å². The molecule has 0 saturated carbocycles. The van der Waals surface area contributed by atoms with Crippen molar-refractivity contribution in [2.24, 2.45) is 0 Å². The molecule has 1 heterocycles. The highest BCUT2D eigenvalue weighted by atomic mass is 79.9. The van der Waals surface area contributed by atoms with Gasteiger partial charge in [-0.3, -0.25) is 9.59 Å². The van der Waals surface area contributed by atoms with Crippen LogP contribution in [0.15, 0.2) is 64.0 Å². The molecule has 0 aliphatic rings. The molecular formula is C20H14BrCl2NO3. The minimum absolute atomic E-state index is 0.178. The molecule has 0 saturated heterocycles. The molecule has 138 valence electrons. The Labute approximate surface area is 173 Å². The van der Waals surface area contributed by atoms with Crippen LogP contribution in [-0.4, -0.2) is 16.1 Å². The molecule has 3 aromatic rings. The molecule has 0 aliphatic heterocycles. The van der Waals surface area contributed by atoms with E-state index in [1.54, 1.807) is 36.4 Å². The second-order valence-electron chi connectivity index (χ2n) is 6.01. The van der Waals surface area contributed by atoms with Gasteiger partial charge in [-0.2, -0.15) is 0 Å². The second-order valence-corrected chi connectivity index (χ2v) is 7.77. The molecule has 0 amide bonds. The molecular weight excluding hydrogens is 453 g/mol. The molecule has 27 heavy (non-hydrogen) atoms. The lowest BCUT2D eigenvalue weighted by Crippen LogP contribution is -2.18. The van der Waals surface area contributed by atoms with Gasteiger partial charge in [-0.25, -0.2) is 0 Å². The standard InChI is InChI=1S/C20H14BrCl2NO3/c21-14-4-1-11(2-5-14)16-8-13(10-24-19(16)25)17(20(26)27)7-12-3-6-15(22)9-18(12)23/h1-6,8-10,17H,7H2,(H,24,25)(H,26,27). The molecule has 0 radical (unpaired) electrons. The smallest absolute Gasteiger partial charge is 0.311 e. The fraction of sp³-hybridized carbons (Fsp3) is 0.100. The van der Waals surface area contributed by atoms with E-state index in [0.29, 0.717) is 32.3 Å². The van der Waals surface area contributed by atoms with Crippen molar-refractivity contribution in [2.45, 2.75) is 12.3 Å². The van der Waals surface area contributed by atoms with Crippen LogP contribution >= 0.6 is 39.1 Å². The number of carbonyl (C=O) groups is 1. The maximum Gasteiger partial charge on any atom is 0.311 e. The molecule has 0 spiro atoms. The minimum atomic E-state index is -1.00. The van der Waals surface area contributed by atoms with E-state index in [4.69, 9.17) is 23.2 Å². The SMILES string of the molecule is O=C(O)C(Cc1ccc(Cl)cc1Cl)c1c[nH]c(=O)c(-c2ccc(Br)cc2)c1. The fourth-order valence-corrected chi connectivity index (χ4v) is 3.55. The first kappa shape index (κ1) is 19.7. The minimum Gasteiger partial charge on any atom is -0.481 e. The van der Waals surface area contributed by atoms with Crippen molar-refractivity contribution in [1.29, 1.82) is 0 Å².